The fourth-order valence-electron chi connectivity index (χ4n) is 3.88. The number of ether oxygens (including phenoxy) is 1. The maximum Gasteiger partial charge on any atom is 0.136 e. The Labute approximate surface area is 143 Å². The molecule has 1 atom stereocenters. The molecule has 24 heavy (non-hydrogen) atoms. The molecule has 0 saturated carbocycles. The first-order chi connectivity index (χ1) is 11.0. The molecule has 3 heteroatoms. The van der Waals surface area contributed by atoms with Gasteiger partial charge in [0.2, 0.25) is 0 Å². The van der Waals surface area contributed by atoms with E-state index in [1.807, 2.05) is 52.0 Å². The number of phenolic OH excluding ortho intramolecular Hbond substituents is 2. The maximum absolute atomic E-state index is 10.5. The van der Waals surface area contributed by atoms with Gasteiger partial charge in [-0.25, -0.2) is 0 Å². The largest absolute Gasteiger partial charge is 0.508 e. The number of phenols is 2. The van der Waals surface area contributed by atoms with Crippen LogP contribution in [0.5, 0.6) is 17.2 Å². The van der Waals surface area contributed by atoms with Gasteiger partial charge in [-0.05, 0) is 74.1 Å². The first-order valence-electron chi connectivity index (χ1n) is 8.37. The zero-order valence-electron chi connectivity index (χ0n) is 15.3. The smallest absolute Gasteiger partial charge is 0.136 e. The summed E-state index contributed by atoms with van der Waals surface area (Å²) in [6.45, 7) is 12.2. The molecular formula is C21H26O3. The van der Waals surface area contributed by atoms with Crippen LogP contribution < -0.4 is 4.74 Å². The van der Waals surface area contributed by atoms with Crippen LogP contribution in [0.25, 0.3) is 0 Å². The molecule has 0 fully saturated rings. The van der Waals surface area contributed by atoms with Crippen LogP contribution in [0.1, 0.15) is 55.0 Å². The van der Waals surface area contributed by atoms with Gasteiger partial charge in [0.1, 0.15) is 22.8 Å². The average Bonchev–Trinajstić information content (AvgIpc) is 2.44. The molecule has 0 aromatic heterocycles. The summed E-state index contributed by atoms with van der Waals surface area (Å²) in [6.07, 6.45) is 0.714. The number of benzene rings is 2. The fourth-order valence-corrected chi connectivity index (χ4v) is 3.88. The highest BCUT2D eigenvalue weighted by Gasteiger charge is 2.44. The quantitative estimate of drug-likeness (QED) is 0.775. The van der Waals surface area contributed by atoms with Gasteiger partial charge in [-0.15, -0.1) is 0 Å². The van der Waals surface area contributed by atoms with Gasteiger partial charge >= 0.3 is 0 Å². The van der Waals surface area contributed by atoms with Crippen molar-refractivity contribution in [1.29, 1.82) is 0 Å². The molecule has 3 nitrogen and oxygen atoms in total. The Balaban J connectivity index is 2.17. The zero-order chi connectivity index (χ0) is 17.9. The van der Waals surface area contributed by atoms with Crippen molar-refractivity contribution in [1.82, 2.24) is 0 Å². The number of aryl methyl sites for hydroxylation is 3. The molecule has 3 rings (SSSR count). The first kappa shape index (κ1) is 16.7. The average molecular weight is 326 g/mol. The third kappa shape index (κ3) is 2.52. The Kier molecular flexibility index (Phi) is 3.59. The Morgan fingerprint density at radius 1 is 0.792 bits per heavy atom. The fraction of sp³-hybridized carbons (Fsp3) is 0.429. The Hall–Kier alpha value is -2.16. The van der Waals surface area contributed by atoms with E-state index in [1.54, 1.807) is 0 Å². The minimum atomic E-state index is -0.623. The third-order valence-corrected chi connectivity index (χ3v) is 5.32. The zero-order valence-corrected chi connectivity index (χ0v) is 15.3. The molecule has 0 saturated heterocycles. The Bertz CT molecular complexity index is 820. The van der Waals surface area contributed by atoms with Gasteiger partial charge in [-0.1, -0.05) is 13.8 Å². The SMILES string of the molecule is Cc1cc(O)c(C2(C)CC(C)(C)c3cc(O)c(C)cc3O2)cc1C. The van der Waals surface area contributed by atoms with Gasteiger partial charge in [0, 0.05) is 17.5 Å². The molecule has 0 spiro atoms. The second-order valence-corrected chi connectivity index (χ2v) is 7.98. The van der Waals surface area contributed by atoms with Gasteiger partial charge in [-0.2, -0.15) is 0 Å². The summed E-state index contributed by atoms with van der Waals surface area (Å²) in [4.78, 5) is 0. The summed E-state index contributed by atoms with van der Waals surface area (Å²) >= 11 is 0. The van der Waals surface area contributed by atoms with Crippen molar-refractivity contribution in [2.24, 2.45) is 0 Å². The van der Waals surface area contributed by atoms with E-state index in [0.29, 0.717) is 12.2 Å². The minimum absolute atomic E-state index is 0.182. The second-order valence-electron chi connectivity index (χ2n) is 7.98. The van der Waals surface area contributed by atoms with E-state index in [1.165, 1.54) is 0 Å². The molecule has 1 aliphatic rings. The van der Waals surface area contributed by atoms with Gasteiger partial charge < -0.3 is 14.9 Å². The van der Waals surface area contributed by atoms with Gasteiger partial charge in [0.25, 0.3) is 0 Å². The Morgan fingerprint density at radius 2 is 1.42 bits per heavy atom. The van der Waals surface area contributed by atoms with E-state index < -0.39 is 5.60 Å². The van der Waals surface area contributed by atoms with Crippen molar-refractivity contribution in [2.75, 3.05) is 0 Å². The lowest BCUT2D eigenvalue weighted by atomic mass is 9.70. The van der Waals surface area contributed by atoms with Crippen LogP contribution in [0.4, 0.5) is 0 Å². The van der Waals surface area contributed by atoms with Gasteiger partial charge in [-0.3, -0.25) is 0 Å². The van der Waals surface area contributed by atoms with Crippen molar-refractivity contribution in [3.8, 4) is 17.2 Å². The van der Waals surface area contributed by atoms with E-state index in [9.17, 15) is 10.2 Å². The number of hydrogen-bond acceptors (Lipinski definition) is 3. The van der Waals surface area contributed by atoms with Crippen LogP contribution in [0.3, 0.4) is 0 Å². The minimum Gasteiger partial charge on any atom is -0.508 e. The van der Waals surface area contributed by atoms with Gasteiger partial charge in [0.05, 0.1) is 0 Å². The summed E-state index contributed by atoms with van der Waals surface area (Å²) in [5.74, 6) is 1.35. The highest BCUT2D eigenvalue weighted by molar-refractivity contribution is 5.52. The number of fused-ring (bicyclic) bond motifs is 1. The third-order valence-electron chi connectivity index (χ3n) is 5.32. The second kappa shape index (κ2) is 5.17. The van der Waals surface area contributed by atoms with Crippen LogP contribution in [-0.2, 0) is 11.0 Å². The van der Waals surface area contributed by atoms with Crippen molar-refractivity contribution in [2.45, 2.75) is 59.0 Å². The van der Waals surface area contributed by atoms with Crippen molar-refractivity contribution < 1.29 is 14.9 Å². The first-order valence-corrected chi connectivity index (χ1v) is 8.37. The lowest BCUT2D eigenvalue weighted by Crippen LogP contribution is -2.41. The highest BCUT2D eigenvalue weighted by atomic mass is 16.5. The van der Waals surface area contributed by atoms with Crippen LogP contribution in [0.15, 0.2) is 24.3 Å². The van der Waals surface area contributed by atoms with E-state index in [0.717, 1.165) is 33.6 Å². The Morgan fingerprint density at radius 3 is 2.08 bits per heavy atom. The number of rotatable bonds is 1. The normalized spacial score (nSPS) is 21.9. The molecule has 0 radical (unpaired) electrons. The van der Waals surface area contributed by atoms with E-state index in [-0.39, 0.29) is 11.2 Å². The summed E-state index contributed by atoms with van der Waals surface area (Å²) in [5.41, 5.74) is 4.01. The predicted molar refractivity (Wildman–Crippen MR) is 96.0 cm³/mol. The van der Waals surface area contributed by atoms with Crippen molar-refractivity contribution in [3.05, 3.63) is 52.1 Å². The van der Waals surface area contributed by atoms with Crippen LogP contribution in [0.2, 0.25) is 0 Å². The molecule has 0 aliphatic carbocycles. The summed E-state index contributed by atoms with van der Waals surface area (Å²) in [7, 11) is 0. The molecular weight excluding hydrogens is 300 g/mol. The number of aromatic hydroxyl groups is 2. The van der Waals surface area contributed by atoms with E-state index in [4.69, 9.17) is 4.74 Å². The van der Waals surface area contributed by atoms with Gasteiger partial charge in [0.15, 0.2) is 0 Å². The molecule has 0 bridgehead atoms. The van der Waals surface area contributed by atoms with E-state index in [2.05, 4.69) is 13.8 Å². The highest BCUT2D eigenvalue weighted by Crippen LogP contribution is 2.51. The monoisotopic (exact) mass is 326 g/mol. The van der Waals surface area contributed by atoms with Crippen LogP contribution in [-0.4, -0.2) is 10.2 Å². The van der Waals surface area contributed by atoms with Crippen molar-refractivity contribution in [3.63, 3.8) is 0 Å². The maximum atomic E-state index is 10.5. The summed E-state index contributed by atoms with van der Waals surface area (Å²) in [6, 6.07) is 7.54. The molecule has 0 amide bonds. The lowest BCUT2D eigenvalue weighted by Gasteiger charge is -2.45. The molecule has 2 N–H and O–H groups in total. The molecule has 2 aromatic rings. The topological polar surface area (TPSA) is 49.7 Å². The predicted octanol–water partition coefficient (Wildman–Crippen LogP) is 5.00. The summed E-state index contributed by atoms with van der Waals surface area (Å²) < 4.78 is 6.38. The molecule has 1 unspecified atom stereocenters. The van der Waals surface area contributed by atoms with Crippen molar-refractivity contribution >= 4 is 0 Å². The molecule has 1 aliphatic heterocycles. The summed E-state index contributed by atoms with van der Waals surface area (Å²) in [5, 5.41) is 20.6. The molecule has 128 valence electrons. The lowest BCUT2D eigenvalue weighted by molar-refractivity contribution is 0.0301. The standard InChI is InChI=1S/C21H26O3/c1-12-7-15(18(23)8-13(12)2)21(6)11-20(4,5)16-10-17(22)14(3)9-19(16)24-21/h7-10,22-23H,11H2,1-6H3. The molecule has 2 aromatic carbocycles. The van der Waals surface area contributed by atoms with E-state index >= 15 is 0 Å². The van der Waals surface area contributed by atoms with Crippen LogP contribution >= 0.6 is 0 Å². The molecule has 1 heterocycles. The number of hydrogen-bond donors (Lipinski definition) is 2. The van der Waals surface area contributed by atoms with Crippen LogP contribution in [0, 0.1) is 20.8 Å².